The van der Waals surface area contributed by atoms with Gasteiger partial charge in [-0.05, 0) is 66.7 Å². The molecule has 1 heterocycles. The van der Waals surface area contributed by atoms with Gasteiger partial charge in [-0.1, -0.05) is 29.3 Å². The summed E-state index contributed by atoms with van der Waals surface area (Å²) in [5, 5.41) is 18.4. The predicted octanol–water partition coefficient (Wildman–Crippen LogP) is 5.66. The number of thioether (sulfide) groups is 1. The van der Waals surface area contributed by atoms with Crippen molar-refractivity contribution in [1.29, 1.82) is 0 Å². The van der Waals surface area contributed by atoms with Gasteiger partial charge in [-0.3, -0.25) is 0 Å². The maximum absolute atomic E-state index is 11.6. The van der Waals surface area contributed by atoms with Gasteiger partial charge in [0.05, 0.1) is 11.6 Å². The van der Waals surface area contributed by atoms with Gasteiger partial charge in [0.25, 0.3) is 5.22 Å². The van der Waals surface area contributed by atoms with Crippen LogP contribution in [0.5, 0.6) is 5.75 Å². The molecular weight excluding hydrogens is 423 g/mol. The lowest BCUT2D eigenvalue weighted by Crippen LogP contribution is -1.97. The predicted molar refractivity (Wildman–Crippen MR) is 109 cm³/mol. The van der Waals surface area contributed by atoms with Crippen molar-refractivity contribution in [3.63, 3.8) is 0 Å². The van der Waals surface area contributed by atoms with E-state index in [0.717, 1.165) is 11.8 Å². The lowest BCUT2D eigenvalue weighted by atomic mass is 10.2. The molecule has 6 nitrogen and oxygen atoms in total. The molecule has 0 atom stereocenters. The van der Waals surface area contributed by atoms with E-state index in [2.05, 4.69) is 10.2 Å². The Kier molecular flexibility index (Phi) is 6.61. The fraction of sp³-hybridized carbons (Fsp3) is 0.105. The van der Waals surface area contributed by atoms with Crippen molar-refractivity contribution in [1.82, 2.24) is 10.2 Å². The topological polar surface area (TPSA) is 85.5 Å². The van der Waals surface area contributed by atoms with E-state index in [1.54, 1.807) is 42.5 Å². The monoisotopic (exact) mass is 436 g/mol. The SMILES string of the molecule is CCOc1ccc(/C=C(\Sc2nnc(-c3ccc(Cl)cc3)o2)C(=O)O)cc1Cl. The van der Waals surface area contributed by atoms with Crippen molar-refractivity contribution in [2.75, 3.05) is 6.61 Å². The molecule has 0 aliphatic heterocycles. The highest BCUT2D eigenvalue weighted by molar-refractivity contribution is 8.03. The molecule has 0 saturated carbocycles. The summed E-state index contributed by atoms with van der Waals surface area (Å²) in [7, 11) is 0. The maximum Gasteiger partial charge on any atom is 0.342 e. The second-order valence-electron chi connectivity index (χ2n) is 5.42. The van der Waals surface area contributed by atoms with Gasteiger partial charge < -0.3 is 14.3 Å². The number of halogens is 2. The molecule has 0 radical (unpaired) electrons. The zero-order valence-electron chi connectivity index (χ0n) is 14.6. The van der Waals surface area contributed by atoms with Crippen molar-refractivity contribution >= 4 is 47.0 Å². The van der Waals surface area contributed by atoms with Crippen LogP contribution >= 0.6 is 35.0 Å². The first-order valence-electron chi connectivity index (χ1n) is 8.11. The normalized spacial score (nSPS) is 11.5. The number of rotatable bonds is 7. The standard InChI is InChI=1S/C19H14Cl2N2O4S/c1-2-26-15-8-3-11(9-14(15)21)10-16(18(24)25)28-19-23-22-17(27-19)12-4-6-13(20)7-5-12/h3-10H,2H2,1H3,(H,24,25)/b16-10-. The Bertz CT molecular complexity index is 1020. The smallest absolute Gasteiger partial charge is 0.342 e. The average Bonchev–Trinajstić information content (AvgIpc) is 3.12. The molecule has 0 fully saturated rings. The van der Waals surface area contributed by atoms with Gasteiger partial charge in [-0.15, -0.1) is 10.2 Å². The molecule has 0 aliphatic carbocycles. The van der Waals surface area contributed by atoms with E-state index in [0.29, 0.717) is 33.5 Å². The van der Waals surface area contributed by atoms with E-state index >= 15 is 0 Å². The summed E-state index contributed by atoms with van der Waals surface area (Å²) in [5.41, 5.74) is 1.29. The van der Waals surface area contributed by atoms with Crippen molar-refractivity contribution in [2.24, 2.45) is 0 Å². The van der Waals surface area contributed by atoms with E-state index in [9.17, 15) is 9.90 Å². The number of hydrogen-bond acceptors (Lipinski definition) is 6. The fourth-order valence-electron chi connectivity index (χ4n) is 2.22. The summed E-state index contributed by atoms with van der Waals surface area (Å²) in [6.45, 7) is 2.34. The molecule has 3 aromatic rings. The minimum atomic E-state index is -1.12. The third kappa shape index (κ3) is 5.07. The highest BCUT2D eigenvalue weighted by Crippen LogP contribution is 2.32. The second-order valence-corrected chi connectivity index (χ2v) is 7.26. The Morgan fingerprint density at radius 3 is 2.61 bits per heavy atom. The summed E-state index contributed by atoms with van der Waals surface area (Å²) < 4.78 is 10.9. The second kappa shape index (κ2) is 9.14. The first kappa shape index (κ1) is 20.3. The Hall–Kier alpha value is -2.48. The zero-order valence-corrected chi connectivity index (χ0v) is 16.9. The maximum atomic E-state index is 11.6. The van der Waals surface area contributed by atoms with E-state index in [-0.39, 0.29) is 16.0 Å². The van der Waals surface area contributed by atoms with Gasteiger partial charge in [-0.25, -0.2) is 4.79 Å². The van der Waals surface area contributed by atoms with Crippen LogP contribution in [0.1, 0.15) is 12.5 Å². The number of aliphatic carboxylic acids is 1. The van der Waals surface area contributed by atoms with Gasteiger partial charge in [0.2, 0.25) is 5.89 Å². The number of ether oxygens (including phenoxy) is 1. The average molecular weight is 437 g/mol. The number of benzene rings is 2. The largest absolute Gasteiger partial charge is 0.492 e. The summed E-state index contributed by atoms with van der Waals surface area (Å²) >= 11 is 12.9. The molecule has 0 spiro atoms. The van der Waals surface area contributed by atoms with Crippen LogP contribution in [-0.4, -0.2) is 27.9 Å². The Balaban J connectivity index is 1.82. The van der Waals surface area contributed by atoms with Gasteiger partial charge in [0, 0.05) is 10.6 Å². The highest BCUT2D eigenvalue weighted by atomic mass is 35.5. The fourth-order valence-corrected chi connectivity index (χ4v) is 3.26. The van der Waals surface area contributed by atoms with Crippen LogP contribution in [0.3, 0.4) is 0 Å². The van der Waals surface area contributed by atoms with Crippen LogP contribution < -0.4 is 4.74 Å². The first-order chi connectivity index (χ1) is 13.5. The van der Waals surface area contributed by atoms with Crippen molar-refractivity contribution in [3.8, 4) is 17.2 Å². The van der Waals surface area contributed by atoms with Crippen LogP contribution in [0.15, 0.2) is 57.0 Å². The van der Waals surface area contributed by atoms with Crippen molar-refractivity contribution in [3.05, 3.63) is 63.0 Å². The Morgan fingerprint density at radius 1 is 1.21 bits per heavy atom. The molecule has 9 heteroatoms. The molecule has 2 aromatic carbocycles. The Morgan fingerprint density at radius 2 is 1.96 bits per heavy atom. The van der Waals surface area contributed by atoms with Crippen molar-refractivity contribution in [2.45, 2.75) is 12.1 Å². The summed E-state index contributed by atoms with van der Waals surface area (Å²) in [6, 6.07) is 11.9. The third-order valence-corrected chi connectivity index (χ3v) is 4.86. The number of aromatic nitrogens is 2. The zero-order chi connectivity index (χ0) is 20.1. The van der Waals surface area contributed by atoms with Crippen LogP contribution in [-0.2, 0) is 4.79 Å². The summed E-state index contributed by atoms with van der Waals surface area (Å²) in [6.07, 6.45) is 1.47. The molecule has 0 saturated heterocycles. The molecule has 1 N–H and O–H groups in total. The Labute approximate surface area is 175 Å². The van der Waals surface area contributed by atoms with E-state index in [4.69, 9.17) is 32.4 Å². The molecule has 0 aliphatic rings. The number of nitrogens with zero attached hydrogens (tertiary/aromatic N) is 2. The minimum absolute atomic E-state index is 0.00605. The van der Waals surface area contributed by atoms with Crippen LogP contribution in [0.2, 0.25) is 10.0 Å². The number of hydrogen-bond donors (Lipinski definition) is 1. The molecule has 144 valence electrons. The summed E-state index contributed by atoms with van der Waals surface area (Å²) in [4.78, 5) is 11.6. The highest BCUT2D eigenvalue weighted by Gasteiger charge is 2.16. The molecule has 28 heavy (non-hydrogen) atoms. The summed E-state index contributed by atoms with van der Waals surface area (Å²) in [5.74, 6) is -0.315. The molecule has 0 amide bonds. The first-order valence-corrected chi connectivity index (χ1v) is 9.68. The van der Waals surface area contributed by atoms with Gasteiger partial charge in [0.1, 0.15) is 10.7 Å². The van der Waals surface area contributed by atoms with Crippen LogP contribution in [0.25, 0.3) is 17.5 Å². The number of carboxylic acid groups (broad SMARTS) is 1. The minimum Gasteiger partial charge on any atom is -0.492 e. The van der Waals surface area contributed by atoms with E-state index in [1.165, 1.54) is 6.08 Å². The van der Waals surface area contributed by atoms with Gasteiger partial charge >= 0.3 is 5.97 Å². The van der Waals surface area contributed by atoms with E-state index in [1.807, 2.05) is 6.92 Å². The molecule has 0 unspecified atom stereocenters. The number of carboxylic acids is 1. The van der Waals surface area contributed by atoms with E-state index < -0.39 is 5.97 Å². The number of carbonyl (C=O) groups is 1. The lowest BCUT2D eigenvalue weighted by molar-refractivity contribution is -0.131. The third-order valence-electron chi connectivity index (χ3n) is 3.46. The molecule has 0 bridgehead atoms. The lowest BCUT2D eigenvalue weighted by Gasteiger charge is -2.06. The molecule has 3 rings (SSSR count). The van der Waals surface area contributed by atoms with Crippen LogP contribution in [0, 0.1) is 0 Å². The van der Waals surface area contributed by atoms with Crippen molar-refractivity contribution < 1.29 is 19.1 Å². The molecular formula is C19H14Cl2N2O4S. The molecule has 1 aromatic heterocycles. The van der Waals surface area contributed by atoms with Gasteiger partial charge in [-0.2, -0.15) is 0 Å². The van der Waals surface area contributed by atoms with Gasteiger partial charge in [0.15, 0.2) is 0 Å². The van der Waals surface area contributed by atoms with Crippen LogP contribution in [0.4, 0.5) is 0 Å². The quantitative estimate of drug-likeness (QED) is 0.377.